The number of anilines is 1. The van der Waals surface area contributed by atoms with Gasteiger partial charge in [-0.15, -0.1) is 10.2 Å². The van der Waals surface area contributed by atoms with Crippen molar-refractivity contribution in [3.8, 4) is 17.1 Å². The Hall–Kier alpha value is -4.12. The minimum absolute atomic E-state index is 0.0918. The molecule has 0 radical (unpaired) electrons. The maximum Gasteiger partial charge on any atom is 0.271 e. The summed E-state index contributed by atoms with van der Waals surface area (Å²) in [5, 5.41) is 22.6. The van der Waals surface area contributed by atoms with E-state index < -0.39 is 10.2 Å². The van der Waals surface area contributed by atoms with Crippen molar-refractivity contribution in [1.82, 2.24) is 14.8 Å². The summed E-state index contributed by atoms with van der Waals surface area (Å²) < 4.78 is 12.9. The first-order chi connectivity index (χ1) is 16.9. The number of nitro benzene ring substituents is 1. The van der Waals surface area contributed by atoms with Crippen LogP contribution in [0.25, 0.3) is 11.4 Å². The van der Waals surface area contributed by atoms with Crippen LogP contribution in [-0.4, -0.2) is 38.0 Å². The monoisotopic (exact) mass is 493 g/mol. The second kappa shape index (κ2) is 10.4. The van der Waals surface area contributed by atoms with E-state index in [9.17, 15) is 14.9 Å². The van der Waals surface area contributed by atoms with Crippen molar-refractivity contribution in [3.05, 3.63) is 82.3 Å². The average molecular weight is 494 g/mol. The Bertz CT molecular complexity index is 1350. The van der Waals surface area contributed by atoms with Crippen LogP contribution in [-0.2, 0) is 11.3 Å². The minimum Gasteiger partial charge on any atom is -0.496 e. The molecule has 0 saturated carbocycles. The molecule has 0 bridgehead atoms. The first kappa shape index (κ1) is 24.0. The highest BCUT2D eigenvalue weighted by molar-refractivity contribution is 8.00. The number of aromatic nitrogens is 3. The number of ether oxygens (including phenoxy) is 1. The molecule has 0 fully saturated rings. The number of benzene rings is 2. The minimum atomic E-state index is -0.571. The van der Waals surface area contributed by atoms with Crippen LogP contribution in [0.2, 0.25) is 0 Å². The number of non-ortho nitro benzene ring substituents is 1. The number of hydrogen-bond donors (Lipinski definition) is 1. The van der Waals surface area contributed by atoms with Crippen molar-refractivity contribution in [1.29, 1.82) is 0 Å². The number of thioether (sulfide) groups is 1. The third kappa shape index (κ3) is 5.35. The zero-order chi connectivity index (χ0) is 24.9. The summed E-state index contributed by atoms with van der Waals surface area (Å²) in [5.74, 6) is 1.60. The van der Waals surface area contributed by atoms with Gasteiger partial charge in [0.05, 0.1) is 41.3 Å². The summed E-state index contributed by atoms with van der Waals surface area (Å²) >= 11 is 1.23. The van der Waals surface area contributed by atoms with E-state index in [4.69, 9.17) is 9.15 Å². The van der Waals surface area contributed by atoms with Crippen molar-refractivity contribution < 1.29 is 18.9 Å². The summed E-state index contributed by atoms with van der Waals surface area (Å²) in [6.45, 7) is 3.87. The molecule has 0 saturated heterocycles. The number of hydrogen-bond acceptors (Lipinski definition) is 8. The van der Waals surface area contributed by atoms with Gasteiger partial charge in [-0.3, -0.25) is 19.5 Å². The number of aryl methyl sites for hydroxylation is 1. The first-order valence-electron chi connectivity index (χ1n) is 10.7. The van der Waals surface area contributed by atoms with E-state index in [1.807, 2.05) is 34.9 Å². The predicted molar refractivity (Wildman–Crippen MR) is 132 cm³/mol. The molecule has 10 nitrogen and oxygen atoms in total. The van der Waals surface area contributed by atoms with Crippen LogP contribution in [0.3, 0.4) is 0 Å². The fourth-order valence-corrected chi connectivity index (χ4v) is 4.26. The lowest BCUT2D eigenvalue weighted by atomic mass is 10.2. The van der Waals surface area contributed by atoms with Crippen molar-refractivity contribution in [3.63, 3.8) is 0 Å². The molecule has 11 heteroatoms. The van der Waals surface area contributed by atoms with Gasteiger partial charge in [0.15, 0.2) is 11.0 Å². The highest BCUT2D eigenvalue weighted by atomic mass is 32.2. The SMILES string of the molecule is COc1ccccc1-c1nnc(S[C@@H](C)C(=O)Nc2cc([N+](=O)[O-])ccc2C)n1Cc1ccco1. The number of nitrogens with one attached hydrogen (secondary N) is 1. The van der Waals surface area contributed by atoms with Gasteiger partial charge in [-0.25, -0.2) is 0 Å². The zero-order valence-corrected chi connectivity index (χ0v) is 20.1. The van der Waals surface area contributed by atoms with Gasteiger partial charge in [-0.1, -0.05) is 30.0 Å². The molecule has 180 valence electrons. The van der Waals surface area contributed by atoms with Gasteiger partial charge in [0.1, 0.15) is 11.5 Å². The summed E-state index contributed by atoms with van der Waals surface area (Å²) in [7, 11) is 1.59. The fourth-order valence-electron chi connectivity index (χ4n) is 3.41. The van der Waals surface area contributed by atoms with Crippen LogP contribution in [0.4, 0.5) is 11.4 Å². The van der Waals surface area contributed by atoms with E-state index in [-0.39, 0.29) is 11.6 Å². The number of nitrogens with zero attached hydrogens (tertiary/aromatic N) is 4. The predicted octanol–water partition coefficient (Wildman–Crippen LogP) is 4.93. The van der Waals surface area contributed by atoms with E-state index in [1.54, 1.807) is 39.4 Å². The van der Waals surface area contributed by atoms with Gasteiger partial charge in [0.2, 0.25) is 5.91 Å². The number of carbonyl (C=O) groups excluding carboxylic acids is 1. The summed E-state index contributed by atoms with van der Waals surface area (Å²) in [5.41, 5.74) is 1.78. The third-order valence-electron chi connectivity index (χ3n) is 5.30. The number of nitro groups is 1. The molecule has 2 aromatic carbocycles. The van der Waals surface area contributed by atoms with Gasteiger partial charge in [0, 0.05) is 12.1 Å². The maximum atomic E-state index is 13.0. The Morgan fingerprint density at radius 1 is 1.23 bits per heavy atom. The standard InChI is InChI=1S/C24H23N5O5S/c1-15-10-11-17(29(31)32)13-20(15)25-23(30)16(2)35-24-27-26-22(19-8-4-5-9-21(19)33-3)28(24)14-18-7-6-12-34-18/h4-13,16H,14H2,1-3H3,(H,25,30)/t16-/m0/s1. The summed E-state index contributed by atoms with van der Waals surface area (Å²) in [6, 6.07) is 15.5. The number of methoxy groups -OCH3 is 1. The molecule has 35 heavy (non-hydrogen) atoms. The number of para-hydroxylation sites is 1. The Morgan fingerprint density at radius 2 is 2.03 bits per heavy atom. The van der Waals surface area contributed by atoms with E-state index in [1.165, 1.54) is 23.9 Å². The molecular formula is C24H23N5O5S. The first-order valence-corrected chi connectivity index (χ1v) is 11.6. The summed E-state index contributed by atoms with van der Waals surface area (Å²) in [4.78, 5) is 23.6. The van der Waals surface area contributed by atoms with Crippen LogP contribution >= 0.6 is 11.8 Å². The van der Waals surface area contributed by atoms with Gasteiger partial charge < -0.3 is 14.5 Å². The lowest BCUT2D eigenvalue weighted by molar-refractivity contribution is -0.384. The third-order valence-corrected chi connectivity index (χ3v) is 6.38. The highest BCUT2D eigenvalue weighted by Gasteiger charge is 2.23. The molecule has 0 aliphatic rings. The number of furan rings is 1. The van der Waals surface area contributed by atoms with Gasteiger partial charge in [-0.05, 0) is 43.7 Å². The number of amides is 1. The van der Waals surface area contributed by atoms with Crippen molar-refractivity contribution in [2.24, 2.45) is 0 Å². The van der Waals surface area contributed by atoms with Crippen molar-refractivity contribution in [2.45, 2.75) is 30.8 Å². The van der Waals surface area contributed by atoms with Gasteiger partial charge >= 0.3 is 0 Å². The van der Waals surface area contributed by atoms with Crippen LogP contribution in [0, 0.1) is 17.0 Å². The molecule has 1 amide bonds. The quantitative estimate of drug-likeness (QED) is 0.198. The smallest absolute Gasteiger partial charge is 0.271 e. The van der Waals surface area contributed by atoms with Crippen LogP contribution in [0.15, 0.2) is 70.4 Å². The largest absolute Gasteiger partial charge is 0.496 e. The van der Waals surface area contributed by atoms with E-state index in [2.05, 4.69) is 15.5 Å². The van der Waals surface area contributed by atoms with Crippen molar-refractivity contribution >= 4 is 29.0 Å². The Labute approximate surface area is 205 Å². The fraction of sp³-hybridized carbons (Fsp3) is 0.208. The van der Waals surface area contributed by atoms with Crippen LogP contribution in [0.1, 0.15) is 18.2 Å². The second-order valence-corrected chi connectivity index (χ2v) is 8.99. The van der Waals surface area contributed by atoms with Crippen molar-refractivity contribution in [2.75, 3.05) is 12.4 Å². The lowest BCUT2D eigenvalue weighted by Crippen LogP contribution is -2.23. The zero-order valence-electron chi connectivity index (χ0n) is 19.3. The molecule has 1 atom stereocenters. The molecule has 4 aromatic rings. The lowest BCUT2D eigenvalue weighted by Gasteiger charge is -2.15. The van der Waals surface area contributed by atoms with Crippen LogP contribution < -0.4 is 10.1 Å². The Balaban J connectivity index is 1.61. The molecule has 0 spiro atoms. The average Bonchev–Trinajstić information content (AvgIpc) is 3.51. The van der Waals surface area contributed by atoms with Gasteiger partial charge in [-0.2, -0.15) is 0 Å². The number of rotatable bonds is 9. The highest BCUT2D eigenvalue weighted by Crippen LogP contribution is 2.33. The normalized spacial score (nSPS) is 11.7. The van der Waals surface area contributed by atoms with E-state index in [0.717, 1.165) is 11.1 Å². The molecule has 2 heterocycles. The summed E-state index contributed by atoms with van der Waals surface area (Å²) in [6.07, 6.45) is 1.59. The molecule has 2 aromatic heterocycles. The maximum absolute atomic E-state index is 13.0. The molecular weight excluding hydrogens is 470 g/mol. The topological polar surface area (TPSA) is 125 Å². The molecule has 0 unspecified atom stereocenters. The van der Waals surface area contributed by atoms with Gasteiger partial charge in [0.25, 0.3) is 5.69 Å². The number of carbonyl (C=O) groups is 1. The van der Waals surface area contributed by atoms with E-state index >= 15 is 0 Å². The Morgan fingerprint density at radius 3 is 2.74 bits per heavy atom. The molecule has 0 aliphatic carbocycles. The molecule has 4 rings (SSSR count). The van der Waals surface area contributed by atoms with E-state index in [0.29, 0.717) is 34.7 Å². The molecule has 1 N–H and O–H groups in total. The Kier molecular flexibility index (Phi) is 7.16. The van der Waals surface area contributed by atoms with Crippen LogP contribution in [0.5, 0.6) is 5.75 Å². The second-order valence-electron chi connectivity index (χ2n) is 7.68. The molecule has 0 aliphatic heterocycles.